The van der Waals surface area contributed by atoms with E-state index >= 15 is 0 Å². The second-order valence-corrected chi connectivity index (χ2v) is 6.36. The van der Waals surface area contributed by atoms with E-state index in [2.05, 4.69) is 25.7 Å². The summed E-state index contributed by atoms with van der Waals surface area (Å²) in [6.45, 7) is 11.5. The second kappa shape index (κ2) is 6.17. The first-order valence-electron chi connectivity index (χ1n) is 7.02. The molecule has 3 N–H and O–H groups in total. The highest BCUT2D eigenvalue weighted by Gasteiger charge is 2.28. The number of rotatable bonds is 5. The molecule has 17 heavy (non-hydrogen) atoms. The summed E-state index contributed by atoms with van der Waals surface area (Å²) in [6.07, 6.45) is 3.18. The van der Waals surface area contributed by atoms with Crippen LogP contribution in [-0.4, -0.2) is 41.3 Å². The lowest BCUT2D eigenvalue weighted by Gasteiger charge is -2.41. The van der Waals surface area contributed by atoms with E-state index in [0.717, 1.165) is 31.2 Å². The molecule has 3 heteroatoms. The van der Waals surface area contributed by atoms with Crippen molar-refractivity contribution in [2.45, 2.75) is 58.6 Å². The van der Waals surface area contributed by atoms with Gasteiger partial charge in [0.2, 0.25) is 0 Å². The van der Waals surface area contributed by atoms with Gasteiger partial charge in [-0.1, -0.05) is 13.8 Å². The van der Waals surface area contributed by atoms with Crippen LogP contribution in [0.3, 0.4) is 0 Å². The van der Waals surface area contributed by atoms with Gasteiger partial charge in [-0.2, -0.15) is 0 Å². The zero-order chi connectivity index (χ0) is 13.1. The van der Waals surface area contributed by atoms with E-state index in [1.807, 2.05) is 6.92 Å². The van der Waals surface area contributed by atoms with Gasteiger partial charge in [0, 0.05) is 19.1 Å². The number of piperidine rings is 1. The summed E-state index contributed by atoms with van der Waals surface area (Å²) in [5.41, 5.74) is 4.85. The van der Waals surface area contributed by atoms with Crippen molar-refractivity contribution in [2.75, 3.05) is 19.6 Å². The highest BCUT2D eigenvalue weighted by molar-refractivity contribution is 4.82. The molecule has 0 spiro atoms. The first-order chi connectivity index (χ1) is 7.85. The molecule has 0 saturated carbocycles. The molecule has 1 aliphatic rings. The van der Waals surface area contributed by atoms with Crippen molar-refractivity contribution in [2.24, 2.45) is 17.6 Å². The quantitative estimate of drug-likeness (QED) is 0.773. The number of nitrogens with two attached hydrogens (primary N) is 1. The summed E-state index contributed by atoms with van der Waals surface area (Å²) in [7, 11) is 0. The number of nitrogens with zero attached hydrogens (tertiary/aromatic N) is 1. The minimum atomic E-state index is -0.684. The average Bonchev–Trinajstić information content (AvgIpc) is 2.24. The molecule has 1 aliphatic heterocycles. The third kappa shape index (κ3) is 4.57. The molecule has 4 unspecified atom stereocenters. The van der Waals surface area contributed by atoms with Gasteiger partial charge in [-0.25, -0.2) is 0 Å². The van der Waals surface area contributed by atoms with E-state index in [9.17, 15) is 5.11 Å². The maximum atomic E-state index is 9.88. The van der Waals surface area contributed by atoms with Gasteiger partial charge in [-0.15, -0.1) is 0 Å². The summed E-state index contributed by atoms with van der Waals surface area (Å²) in [5, 5.41) is 9.88. The van der Waals surface area contributed by atoms with Crippen LogP contribution in [0, 0.1) is 11.8 Å². The van der Waals surface area contributed by atoms with Gasteiger partial charge in [0.25, 0.3) is 0 Å². The van der Waals surface area contributed by atoms with Gasteiger partial charge < -0.3 is 15.7 Å². The Kier molecular flexibility index (Phi) is 5.42. The fraction of sp³-hybridized carbons (Fsp3) is 1.00. The van der Waals surface area contributed by atoms with Crippen LogP contribution in [0.5, 0.6) is 0 Å². The maximum Gasteiger partial charge on any atom is 0.0741 e. The SMILES string of the molecule is CC1CC(C)C(C)N(CCCC(C)(O)CN)C1. The summed E-state index contributed by atoms with van der Waals surface area (Å²) in [5.74, 6) is 1.59. The van der Waals surface area contributed by atoms with Crippen molar-refractivity contribution < 1.29 is 5.11 Å². The zero-order valence-electron chi connectivity index (χ0n) is 11.9. The van der Waals surface area contributed by atoms with Gasteiger partial charge in [-0.05, 0) is 51.5 Å². The third-order valence-electron chi connectivity index (χ3n) is 4.32. The van der Waals surface area contributed by atoms with E-state index < -0.39 is 5.60 Å². The summed E-state index contributed by atoms with van der Waals surface area (Å²) < 4.78 is 0. The van der Waals surface area contributed by atoms with E-state index in [4.69, 9.17) is 5.73 Å². The lowest BCUT2D eigenvalue weighted by molar-refractivity contribution is 0.0408. The van der Waals surface area contributed by atoms with Crippen molar-refractivity contribution >= 4 is 0 Å². The van der Waals surface area contributed by atoms with Crippen LogP contribution < -0.4 is 5.73 Å². The minimum absolute atomic E-state index is 0.357. The fourth-order valence-electron chi connectivity index (χ4n) is 2.89. The molecular formula is C14H30N2O. The van der Waals surface area contributed by atoms with Crippen LogP contribution in [0.25, 0.3) is 0 Å². The predicted octanol–water partition coefficient (Wildman–Crippen LogP) is 1.84. The van der Waals surface area contributed by atoms with E-state index in [-0.39, 0.29) is 0 Å². The molecule has 0 bridgehead atoms. The van der Waals surface area contributed by atoms with Crippen molar-refractivity contribution in [3.05, 3.63) is 0 Å². The molecular weight excluding hydrogens is 212 g/mol. The zero-order valence-corrected chi connectivity index (χ0v) is 11.9. The average molecular weight is 242 g/mol. The van der Waals surface area contributed by atoms with Crippen molar-refractivity contribution in [3.63, 3.8) is 0 Å². The van der Waals surface area contributed by atoms with Gasteiger partial charge >= 0.3 is 0 Å². The van der Waals surface area contributed by atoms with Gasteiger partial charge in [-0.3, -0.25) is 0 Å². The monoisotopic (exact) mass is 242 g/mol. The Bertz CT molecular complexity index is 230. The maximum absolute atomic E-state index is 9.88. The lowest BCUT2D eigenvalue weighted by atomic mass is 9.85. The molecule has 3 nitrogen and oxygen atoms in total. The highest BCUT2D eigenvalue weighted by Crippen LogP contribution is 2.27. The normalized spacial score (nSPS) is 34.6. The fourth-order valence-corrected chi connectivity index (χ4v) is 2.89. The first kappa shape index (κ1) is 14.9. The van der Waals surface area contributed by atoms with Gasteiger partial charge in [0.05, 0.1) is 5.60 Å². The summed E-state index contributed by atoms with van der Waals surface area (Å²) >= 11 is 0. The highest BCUT2D eigenvalue weighted by atomic mass is 16.3. The predicted molar refractivity (Wildman–Crippen MR) is 72.9 cm³/mol. The third-order valence-corrected chi connectivity index (χ3v) is 4.32. The topological polar surface area (TPSA) is 49.5 Å². The molecule has 1 rings (SSSR count). The number of hydrogen-bond donors (Lipinski definition) is 2. The molecule has 0 amide bonds. The first-order valence-corrected chi connectivity index (χ1v) is 7.02. The molecule has 0 aromatic heterocycles. The van der Waals surface area contributed by atoms with Crippen LogP contribution in [0.2, 0.25) is 0 Å². The Hall–Kier alpha value is -0.120. The molecule has 4 atom stereocenters. The summed E-state index contributed by atoms with van der Waals surface area (Å²) in [4.78, 5) is 2.57. The number of hydrogen-bond acceptors (Lipinski definition) is 3. The van der Waals surface area contributed by atoms with Crippen LogP contribution >= 0.6 is 0 Å². The standard InChI is InChI=1S/C14H30N2O/c1-11-8-12(2)13(3)16(9-11)7-5-6-14(4,17)10-15/h11-13,17H,5-10,15H2,1-4H3. The molecule has 102 valence electrons. The Labute approximate surface area is 106 Å². The van der Waals surface area contributed by atoms with Crippen LogP contribution in [0.1, 0.15) is 47.0 Å². The van der Waals surface area contributed by atoms with Gasteiger partial charge in [0.1, 0.15) is 0 Å². The van der Waals surface area contributed by atoms with E-state index in [1.165, 1.54) is 13.0 Å². The van der Waals surface area contributed by atoms with E-state index in [1.54, 1.807) is 0 Å². The van der Waals surface area contributed by atoms with Crippen LogP contribution in [-0.2, 0) is 0 Å². The largest absolute Gasteiger partial charge is 0.389 e. The van der Waals surface area contributed by atoms with Crippen molar-refractivity contribution in [3.8, 4) is 0 Å². The summed E-state index contributed by atoms with van der Waals surface area (Å²) in [6, 6.07) is 0.675. The molecule has 0 radical (unpaired) electrons. The Morgan fingerprint density at radius 1 is 1.35 bits per heavy atom. The minimum Gasteiger partial charge on any atom is -0.389 e. The molecule has 0 aromatic rings. The Balaban J connectivity index is 2.35. The smallest absolute Gasteiger partial charge is 0.0741 e. The van der Waals surface area contributed by atoms with Crippen LogP contribution in [0.4, 0.5) is 0 Å². The molecule has 1 heterocycles. The van der Waals surface area contributed by atoms with Gasteiger partial charge in [0.15, 0.2) is 0 Å². The Morgan fingerprint density at radius 3 is 2.59 bits per heavy atom. The van der Waals surface area contributed by atoms with E-state index in [0.29, 0.717) is 12.6 Å². The second-order valence-electron chi connectivity index (χ2n) is 6.36. The number of likely N-dealkylation sites (tertiary alicyclic amines) is 1. The van der Waals surface area contributed by atoms with Crippen molar-refractivity contribution in [1.82, 2.24) is 4.90 Å². The Morgan fingerprint density at radius 2 is 2.00 bits per heavy atom. The molecule has 0 aliphatic carbocycles. The molecule has 1 fully saturated rings. The molecule has 0 aromatic carbocycles. The number of aliphatic hydroxyl groups is 1. The lowest BCUT2D eigenvalue weighted by Crippen LogP contribution is -2.46. The molecule has 1 saturated heterocycles. The van der Waals surface area contributed by atoms with Crippen molar-refractivity contribution in [1.29, 1.82) is 0 Å². The van der Waals surface area contributed by atoms with Crippen LogP contribution in [0.15, 0.2) is 0 Å².